The minimum absolute atomic E-state index is 0.0928. The number of aryl methyl sites for hydroxylation is 2. The van der Waals surface area contributed by atoms with E-state index >= 15 is 0 Å². The number of nitrogens with zero attached hydrogens (tertiary/aromatic N) is 4. The van der Waals surface area contributed by atoms with E-state index in [1.54, 1.807) is 12.0 Å². The molecule has 1 atom stereocenters. The second kappa shape index (κ2) is 8.13. The van der Waals surface area contributed by atoms with Crippen molar-refractivity contribution in [2.75, 3.05) is 38.3 Å². The summed E-state index contributed by atoms with van der Waals surface area (Å²) >= 11 is 1.84. The van der Waals surface area contributed by atoms with Gasteiger partial charge in [0.05, 0.1) is 19.6 Å². The van der Waals surface area contributed by atoms with Gasteiger partial charge in [-0.2, -0.15) is 0 Å². The Labute approximate surface area is 176 Å². The normalized spacial score (nSPS) is 22.3. The van der Waals surface area contributed by atoms with E-state index in [-0.39, 0.29) is 11.3 Å². The molecule has 6 nitrogen and oxygen atoms in total. The summed E-state index contributed by atoms with van der Waals surface area (Å²) in [6.07, 6.45) is 2.59. The molecule has 2 aromatic heterocycles. The van der Waals surface area contributed by atoms with Crippen molar-refractivity contribution < 1.29 is 9.53 Å². The zero-order chi connectivity index (χ0) is 20.6. The number of ether oxygens (including phenoxy) is 1. The first-order valence-corrected chi connectivity index (χ1v) is 11.2. The largest absolute Gasteiger partial charge is 0.383 e. The number of aromatic nitrogens is 2. The van der Waals surface area contributed by atoms with Crippen LogP contribution in [0.5, 0.6) is 0 Å². The quantitative estimate of drug-likeness (QED) is 0.726. The molecule has 2 aromatic rings. The number of carbonyl (C=O) groups excluding carboxylic acids is 1. The first-order valence-electron chi connectivity index (χ1n) is 10.3. The van der Waals surface area contributed by atoms with Crippen molar-refractivity contribution in [3.8, 4) is 0 Å². The van der Waals surface area contributed by atoms with E-state index in [0.717, 1.165) is 55.4 Å². The van der Waals surface area contributed by atoms with Crippen molar-refractivity contribution in [1.29, 1.82) is 0 Å². The third-order valence-corrected chi connectivity index (χ3v) is 7.25. The molecule has 1 amide bonds. The Kier molecular flexibility index (Phi) is 5.73. The van der Waals surface area contributed by atoms with Crippen LogP contribution in [-0.2, 0) is 27.9 Å². The van der Waals surface area contributed by atoms with E-state index in [0.29, 0.717) is 19.6 Å². The summed E-state index contributed by atoms with van der Waals surface area (Å²) < 4.78 is 5.19. The fourth-order valence-corrected chi connectivity index (χ4v) is 5.44. The number of carbonyl (C=O) groups is 1. The number of methoxy groups -OCH3 is 1. The zero-order valence-corrected chi connectivity index (χ0v) is 18.6. The maximum atomic E-state index is 12.5. The lowest BCUT2D eigenvalue weighted by Crippen LogP contribution is -2.45. The SMILES string of the molecule is COCCN1C(=O)Cc2c(C)nc([C@@]3(C)CCCN(Cc4sccc4C)C3)nc21. The Morgan fingerprint density at radius 1 is 1.31 bits per heavy atom. The molecule has 1 saturated heterocycles. The number of hydrogen-bond acceptors (Lipinski definition) is 6. The van der Waals surface area contributed by atoms with Crippen LogP contribution in [0.1, 0.15) is 47.3 Å². The standard InChI is InChI=1S/C22H30N4O2S/c1-15-6-11-29-18(15)13-25-8-5-7-22(3,14-25)21-23-16(2)17-12-19(27)26(9-10-28-4)20(17)24-21/h6,11H,5,7-10,12-14H2,1-4H3/t22-/m0/s1. The fraction of sp³-hybridized carbons (Fsp3) is 0.591. The van der Waals surface area contributed by atoms with Gasteiger partial charge in [-0.1, -0.05) is 6.92 Å². The minimum Gasteiger partial charge on any atom is -0.383 e. The Bertz CT molecular complexity index is 912. The van der Waals surface area contributed by atoms with Gasteiger partial charge in [-0.15, -0.1) is 11.3 Å². The third kappa shape index (κ3) is 3.96. The number of likely N-dealkylation sites (tertiary alicyclic amines) is 1. The average Bonchev–Trinajstić information content (AvgIpc) is 3.23. The summed E-state index contributed by atoms with van der Waals surface area (Å²) in [5.74, 6) is 1.76. The van der Waals surface area contributed by atoms with E-state index in [1.165, 1.54) is 10.4 Å². The van der Waals surface area contributed by atoms with Gasteiger partial charge < -0.3 is 4.74 Å². The van der Waals surface area contributed by atoms with E-state index < -0.39 is 0 Å². The Morgan fingerprint density at radius 3 is 2.86 bits per heavy atom. The molecule has 156 valence electrons. The summed E-state index contributed by atoms with van der Waals surface area (Å²) in [6.45, 7) is 10.6. The third-order valence-electron chi connectivity index (χ3n) is 6.25. The van der Waals surface area contributed by atoms with Crippen LogP contribution < -0.4 is 4.90 Å². The number of piperidine rings is 1. The second-order valence-electron chi connectivity index (χ2n) is 8.55. The molecular formula is C22H30N4O2S. The van der Waals surface area contributed by atoms with Crippen LogP contribution in [0.25, 0.3) is 0 Å². The van der Waals surface area contributed by atoms with Gasteiger partial charge >= 0.3 is 0 Å². The van der Waals surface area contributed by atoms with Gasteiger partial charge in [-0.25, -0.2) is 9.97 Å². The molecule has 2 aliphatic rings. The van der Waals surface area contributed by atoms with E-state index in [2.05, 4.69) is 30.2 Å². The monoisotopic (exact) mass is 414 g/mol. The molecule has 2 aliphatic heterocycles. The van der Waals surface area contributed by atoms with Crippen molar-refractivity contribution in [2.24, 2.45) is 0 Å². The van der Waals surface area contributed by atoms with Crippen molar-refractivity contribution >= 4 is 23.1 Å². The van der Waals surface area contributed by atoms with Gasteiger partial charge in [0.1, 0.15) is 11.6 Å². The Balaban J connectivity index is 1.60. The summed E-state index contributed by atoms with van der Waals surface area (Å²) in [6, 6.07) is 2.20. The molecule has 0 N–H and O–H groups in total. The lowest BCUT2D eigenvalue weighted by atomic mass is 9.80. The summed E-state index contributed by atoms with van der Waals surface area (Å²) in [7, 11) is 1.66. The van der Waals surface area contributed by atoms with Gasteiger partial charge in [0.2, 0.25) is 5.91 Å². The molecule has 0 aliphatic carbocycles. The van der Waals surface area contributed by atoms with Crippen molar-refractivity contribution in [3.05, 3.63) is 39.0 Å². The van der Waals surface area contributed by atoms with Crippen LogP contribution in [0.4, 0.5) is 5.82 Å². The van der Waals surface area contributed by atoms with Crippen LogP contribution in [0.2, 0.25) is 0 Å². The van der Waals surface area contributed by atoms with Gasteiger partial charge in [-0.3, -0.25) is 14.6 Å². The molecule has 0 unspecified atom stereocenters. The highest BCUT2D eigenvalue weighted by molar-refractivity contribution is 7.10. The summed E-state index contributed by atoms with van der Waals surface area (Å²) in [5.41, 5.74) is 3.17. The van der Waals surface area contributed by atoms with E-state index in [4.69, 9.17) is 14.7 Å². The zero-order valence-electron chi connectivity index (χ0n) is 17.8. The fourth-order valence-electron chi connectivity index (χ4n) is 4.49. The van der Waals surface area contributed by atoms with Crippen LogP contribution in [-0.4, -0.2) is 54.1 Å². The van der Waals surface area contributed by atoms with Crippen molar-refractivity contribution in [1.82, 2.24) is 14.9 Å². The molecule has 4 heterocycles. The van der Waals surface area contributed by atoms with Gasteiger partial charge in [0.25, 0.3) is 0 Å². The Morgan fingerprint density at radius 2 is 2.14 bits per heavy atom. The predicted octanol–water partition coefficient (Wildman–Crippen LogP) is 3.24. The first-order chi connectivity index (χ1) is 13.9. The molecule has 0 bridgehead atoms. The molecule has 0 aromatic carbocycles. The summed E-state index contributed by atoms with van der Waals surface area (Å²) in [4.78, 5) is 28.1. The smallest absolute Gasteiger partial charge is 0.232 e. The molecule has 0 saturated carbocycles. The molecule has 0 spiro atoms. The van der Waals surface area contributed by atoms with Gasteiger partial charge in [-0.05, 0) is 50.2 Å². The Hall–Kier alpha value is -1.83. The first kappa shape index (κ1) is 20.4. The highest BCUT2D eigenvalue weighted by atomic mass is 32.1. The molecule has 4 rings (SSSR count). The lowest BCUT2D eigenvalue weighted by molar-refractivity contribution is -0.117. The highest BCUT2D eigenvalue weighted by Crippen LogP contribution is 2.36. The van der Waals surface area contributed by atoms with Crippen LogP contribution in [0.3, 0.4) is 0 Å². The average molecular weight is 415 g/mol. The van der Waals surface area contributed by atoms with Crippen LogP contribution in [0.15, 0.2) is 11.4 Å². The van der Waals surface area contributed by atoms with Gasteiger partial charge in [0.15, 0.2) is 0 Å². The molecular weight excluding hydrogens is 384 g/mol. The molecule has 0 radical (unpaired) electrons. The number of hydrogen-bond donors (Lipinski definition) is 0. The summed E-state index contributed by atoms with van der Waals surface area (Å²) in [5, 5.41) is 2.17. The van der Waals surface area contributed by atoms with Crippen LogP contribution in [0, 0.1) is 13.8 Å². The topological polar surface area (TPSA) is 58.6 Å². The van der Waals surface area contributed by atoms with E-state index in [9.17, 15) is 4.79 Å². The number of amides is 1. The number of thiophene rings is 1. The maximum Gasteiger partial charge on any atom is 0.232 e. The molecule has 29 heavy (non-hydrogen) atoms. The minimum atomic E-state index is -0.109. The highest BCUT2D eigenvalue weighted by Gasteiger charge is 2.38. The second-order valence-corrected chi connectivity index (χ2v) is 9.55. The van der Waals surface area contributed by atoms with Crippen LogP contribution >= 0.6 is 11.3 Å². The molecule has 1 fully saturated rings. The number of rotatable bonds is 6. The van der Waals surface area contributed by atoms with E-state index in [1.807, 2.05) is 18.3 Å². The lowest BCUT2D eigenvalue weighted by Gasteiger charge is -2.39. The molecule has 7 heteroatoms. The number of fused-ring (bicyclic) bond motifs is 1. The number of anilines is 1. The predicted molar refractivity (Wildman–Crippen MR) is 116 cm³/mol. The van der Waals surface area contributed by atoms with Gasteiger partial charge in [0, 0.05) is 41.7 Å². The maximum absolute atomic E-state index is 12.5. The van der Waals surface area contributed by atoms with Crippen molar-refractivity contribution in [2.45, 2.75) is 52.0 Å². The van der Waals surface area contributed by atoms with Crippen molar-refractivity contribution in [3.63, 3.8) is 0 Å².